The van der Waals surface area contributed by atoms with E-state index in [9.17, 15) is 4.79 Å². The smallest absolute Gasteiger partial charge is 0.243 e. The molecule has 1 saturated carbocycles. The maximum Gasteiger partial charge on any atom is 0.243 e. The summed E-state index contributed by atoms with van der Waals surface area (Å²) in [5, 5.41) is 6.56. The van der Waals surface area contributed by atoms with Crippen LogP contribution >= 0.6 is 0 Å². The standard InChI is InChI=1S/C16H30N4O2/c1-8-9-17-14(18-11-13(21)20(5)6)19-12-10-16(4,22-7)15(12,2)3/h8,12H,1,9-11H2,2-7H3,(H2,17,18,19). The molecule has 0 saturated heterocycles. The second-order valence-electron chi connectivity index (χ2n) is 6.68. The lowest BCUT2D eigenvalue weighted by atomic mass is 9.56. The Bertz CT molecular complexity index is 445. The number of nitrogens with one attached hydrogen (secondary N) is 2. The molecule has 0 aromatic heterocycles. The van der Waals surface area contributed by atoms with Gasteiger partial charge < -0.3 is 20.3 Å². The van der Waals surface area contributed by atoms with E-state index in [1.165, 1.54) is 4.90 Å². The number of rotatable bonds is 6. The van der Waals surface area contributed by atoms with Crippen LogP contribution in [-0.4, -0.2) is 62.7 Å². The van der Waals surface area contributed by atoms with Gasteiger partial charge in [-0.05, 0) is 13.3 Å². The van der Waals surface area contributed by atoms with Crippen LogP contribution in [-0.2, 0) is 9.53 Å². The van der Waals surface area contributed by atoms with Crippen molar-refractivity contribution in [3.8, 4) is 0 Å². The molecule has 0 bridgehead atoms. The number of methoxy groups -OCH3 is 1. The number of ether oxygens (including phenoxy) is 1. The molecule has 126 valence electrons. The molecule has 0 spiro atoms. The molecule has 2 atom stereocenters. The Morgan fingerprint density at radius 1 is 1.45 bits per heavy atom. The third-order valence-corrected chi connectivity index (χ3v) is 4.87. The normalized spacial score (nSPS) is 26.8. The highest BCUT2D eigenvalue weighted by atomic mass is 16.5. The summed E-state index contributed by atoms with van der Waals surface area (Å²) in [6.07, 6.45) is 2.66. The molecule has 6 heteroatoms. The number of carbonyl (C=O) groups excluding carboxylic acids is 1. The molecule has 1 aliphatic carbocycles. The lowest BCUT2D eigenvalue weighted by Crippen LogP contribution is -2.69. The summed E-state index contributed by atoms with van der Waals surface area (Å²) in [7, 11) is 5.20. The Balaban J connectivity index is 2.72. The maximum atomic E-state index is 11.7. The molecule has 1 rings (SSSR count). The van der Waals surface area contributed by atoms with E-state index in [0.29, 0.717) is 12.5 Å². The maximum absolute atomic E-state index is 11.7. The first-order valence-electron chi connectivity index (χ1n) is 7.59. The monoisotopic (exact) mass is 310 g/mol. The van der Waals surface area contributed by atoms with Crippen molar-refractivity contribution >= 4 is 11.9 Å². The van der Waals surface area contributed by atoms with Crippen molar-refractivity contribution in [1.82, 2.24) is 15.5 Å². The van der Waals surface area contributed by atoms with Crippen molar-refractivity contribution in [3.63, 3.8) is 0 Å². The number of carbonyl (C=O) groups is 1. The highest BCUT2D eigenvalue weighted by Crippen LogP contribution is 2.51. The van der Waals surface area contributed by atoms with Gasteiger partial charge in [-0.3, -0.25) is 4.79 Å². The fourth-order valence-electron chi connectivity index (χ4n) is 2.50. The molecule has 2 N–H and O–H groups in total. The van der Waals surface area contributed by atoms with Gasteiger partial charge in [-0.1, -0.05) is 19.9 Å². The van der Waals surface area contributed by atoms with Gasteiger partial charge in [0, 0.05) is 39.2 Å². The summed E-state index contributed by atoms with van der Waals surface area (Å²) in [5.41, 5.74) is -0.169. The number of nitrogens with zero attached hydrogens (tertiary/aromatic N) is 2. The molecule has 0 radical (unpaired) electrons. The van der Waals surface area contributed by atoms with Crippen molar-refractivity contribution in [2.45, 2.75) is 38.8 Å². The van der Waals surface area contributed by atoms with Crippen LogP contribution in [0.25, 0.3) is 0 Å². The summed E-state index contributed by atoms with van der Waals surface area (Å²) in [6, 6.07) is 0.239. The Morgan fingerprint density at radius 3 is 2.55 bits per heavy atom. The van der Waals surface area contributed by atoms with E-state index in [0.717, 1.165) is 6.42 Å². The Labute approximate surface area is 134 Å². The van der Waals surface area contributed by atoms with Crippen LogP contribution in [0.5, 0.6) is 0 Å². The topological polar surface area (TPSA) is 66.0 Å². The molecule has 6 nitrogen and oxygen atoms in total. The van der Waals surface area contributed by atoms with E-state index in [4.69, 9.17) is 4.74 Å². The van der Waals surface area contributed by atoms with Gasteiger partial charge in [0.25, 0.3) is 0 Å². The van der Waals surface area contributed by atoms with Gasteiger partial charge in [-0.25, -0.2) is 4.99 Å². The number of amides is 1. The fraction of sp³-hybridized carbons (Fsp3) is 0.750. The Morgan fingerprint density at radius 2 is 2.09 bits per heavy atom. The van der Waals surface area contributed by atoms with E-state index >= 15 is 0 Å². The second kappa shape index (κ2) is 7.13. The van der Waals surface area contributed by atoms with Crippen LogP contribution in [0.1, 0.15) is 27.2 Å². The zero-order chi connectivity index (χ0) is 17.0. The highest BCUT2D eigenvalue weighted by Gasteiger charge is 2.58. The van der Waals surface area contributed by atoms with Crippen LogP contribution in [0.4, 0.5) is 0 Å². The zero-order valence-electron chi connectivity index (χ0n) is 14.7. The summed E-state index contributed by atoms with van der Waals surface area (Å²) >= 11 is 0. The van der Waals surface area contributed by atoms with Crippen molar-refractivity contribution in [1.29, 1.82) is 0 Å². The van der Waals surface area contributed by atoms with Gasteiger partial charge in [0.05, 0.1) is 5.60 Å². The molecule has 2 unspecified atom stereocenters. The largest absolute Gasteiger partial charge is 0.378 e. The minimum atomic E-state index is -0.145. The van der Waals surface area contributed by atoms with E-state index in [1.54, 1.807) is 27.3 Å². The lowest BCUT2D eigenvalue weighted by molar-refractivity contribution is -0.176. The molecule has 0 heterocycles. The third-order valence-electron chi connectivity index (χ3n) is 4.87. The van der Waals surface area contributed by atoms with Gasteiger partial charge in [0.15, 0.2) is 5.96 Å². The molecule has 0 aromatic rings. The SMILES string of the molecule is C=CCNC(=NCC(=O)N(C)C)NC1CC(C)(OC)C1(C)C. The van der Waals surface area contributed by atoms with E-state index in [1.807, 2.05) is 0 Å². The number of guanidine groups is 1. The minimum Gasteiger partial charge on any atom is -0.378 e. The van der Waals surface area contributed by atoms with E-state index in [2.05, 4.69) is 43.0 Å². The predicted molar refractivity (Wildman–Crippen MR) is 89.9 cm³/mol. The third kappa shape index (κ3) is 3.80. The summed E-state index contributed by atoms with van der Waals surface area (Å²) < 4.78 is 5.63. The molecule has 0 aromatic carbocycles. The highest BCUT2D eigenvalue weighted by molar-refractivity contribution is 5.85. The number of likely N-dealkylation sites (N-methyl/N-ethyl adjacent to an activating group) is 1. The zero-order valence-corrected chi connectivity index (χ0v) is 14.7. The molecule has 22 heavy (non-hydrogen) atoms. The lowest BCUT2D eigenvalue weighted by Gasteiger charge is -2.59. The molecular weight excluding hydrogens is 280 g/mol. The number of aliphatic imine (C=N–C) groups is 1. The Kier molecular flexibility index (Phi) is 6.00. The van der Waals surface area contributed by atoms with E-state index < -0.39 is 0 Å². The molecule has 1 amide bonds. The van der Waals surface area contributed by atoms with Gasteiger partial charge in [-0.2, -0.15) is 0 Å². The van der Waals surface area contributed by atoms with Crippen LogP contribution < -0.4 is 10.6 Å². The van der Waals surface area contributed by atoms with Crippen LogP contribution in [0, 0.1) is 5.41 Å². The van der Waals surface area contributed by atoms with Gasteiger partial charge >= 0.3 is 0 Å². The van der Waals surface area contributed by atoms with Gasteiger partial charge in [0.2, 0.25) is 5.91 Å². The summed E-state index contributed by atoms with van der Waals surface area (Å²) in [5.74, 6) is 0.598. The quantitative estimate of drug-likeness (QED) is 0.436. The predicted octanol–water partition coefficient (Wildman–Crippen LogP) is 0.999. The van der Waals surface area contributed by atoms with Crippen LogP contribution in [0.3, 0.4) is 0 Å². The minimum absolute atomic E-state index is 0.0239. The summed E-state index contributed by atoms with van der Waals surface area (Å²) in [4.78, 5) is 17.6. The van der Waals surface area contributed by atoms with Crippen molar-refractivity contribution in [2.75, 3.05) is 34.3 Å². The van der Waals surface area contributed by atoms with Crippen LogP contribution in [0.15, 0.2) is 17.6 Å². The average molecular weight is 310 g/mol. The van der Waals surface area contributed by atoms with Crippen LogP contribution in [0.2, 0.25) is 0 Å². The summed E-state index contributed by atoms with van der Waals surface area (Å²) in [6.45, 7) is 10.9. The second-order valence-corrected chi connectivity index (χ2v) is 6.68. The van der Waals surface area contributed by atoms with E-state index in [-0.39, 0.29) is 29.5 Å². The number of hydrogen-bond donors (Lipinski definition) is 2. The number of hydrogen-bond acceptors (Lipinski definition) is 3. The van der Waals surface area contributed by atoms with Crippen molar-refractivity contribution < 1.29 is 9.53 Å². The first-order chi connectivity index (χ1) is 10.2. The first-order valence-corrected chi connectivity index (χ1v) is 7.59. The van der Waals surface area contributed by atoms with Gasteiger partial charge in [0.1, 0.15) is 6.54 Å². The Hall–Kier alpha value is -1.56. The molecule has 1 fully saturated rings. The molecule has 1 aliphatic rings. The molecular formula is C16H30N4O2. The van der Waals surface area contributed by atoms with Crippen molar-refractivity contribution in [3.05, 3.63) is 12.7 Å². The fourth-order valence-corrected chi connectivity index (χ4v) is 2.50. The first kappa shape index (κ1) is 18.5. The average Bonchev–Trinajstić information content (AvgIpc) is 2.47. The van der Waals surface area contributed by atoms with Gasteiger partial charge in [-0.15, -0.1) is 6.58 Å². The molecule has 0 aliphatic heterocycles. The van der Waals surface area contributed by atoms with Crippen molar-refractivity contribution in [2.24, 2.45) is 10.4 Å².